The zero-order valence-corrected chi connectivity index (χ0v) is 12.4. The molecule has 1 aromatic rings. The Hall–Kier alpha value is -1.17. The lowest BCUT2D eigenvalue weighted by Gasteiger charge is -2.19. The minimum atomic E-state index is -0.692. The maximum atomic E-state index is 13.4. The van der Waals surface area contributed by atoms with Gasteiger partial charge in [-0.25, -0.2) is 4.39 Å². The van der Waals surface area contributed by atoms with Gasteiger partial charge in [0.25, 0.3) is 0 Å². The molecule has 0 amide bonds. The van der Waals surface area contributed by atoms with Crippen LogP contribution >= 0.6 is 0 Å². The van der Waals surface area contributed by atoms with E-state index in [0.717, 1.165) is 12.1 Å². The second-order valence-corrected chi connectivity index (χ2v) is 4.59. The Morgan fingerprint density at radius 1 is 1.30 bits per heavy atom. The molecule has 0 aliphatic rings. The molecule has 0 aromatic heterocycles. The number of nitrogens with one attached hydrogen (secondary N) is 1. The lowest BCUT2D eigenvalue weighted by atomic mass is 10.1. The van der Waals surface area contributed by atoms with E-state index in [-0.39, 0.29) is 25.1 Å². The first-order valence-electron chi connectivity index (χ1n) is 6.99. The van der Waals surface area contributed by atoms with Gasteiger partial charge < -0.3 is 19.9 Å². The second-order valence-electron chi connectivity index (χ2n) is 4.59. The predicted octanol–water partition coefficient (Wildman–Crippen LogP) is 2.27. The molecule has 0 spiro atoms. The molecule has 0 aliphatic carbocycles. The van der Waals surface area contributed by atoms with Crippen molar-refractivity contribution < 1.29 is 19.0 Å². The number of ether oxygens (including phenoxy) is 2. The zero-order valence-electron chi connectivity index (χ0n) is 12.4. The second kappa shape index (κ2) is 8.89. The molecule has 0 fully saturated rings. The monoisotopic (exact) mass is 285 g/mol. The van der Waals surface area contributed by atoms with Crippen molar-refractivity contribution in [3.05, 3.63) is 29.6 Å². The molecule has 0 bridgehead atoms. The standard InChI is InChI=1S/C15H24FNO3/c1-4-17-11(3)14-8-12(16)6-7-15(14)20-10-13(18)9-19-5-2/h6-8,11,13,17-18H,4-5,9-10H2,1-3H3. The summed E-state index contributed by atoms with van der Waals surface area (Å²) >= 11 is 0. The van der Waals surface area contributed by atoms with E-state index in [1.54, 1.807) is 6.07 Å². The molecule has 1 rings (SSSR count). The van der Waals surface area contributed by atoms with Crippen LogP contribution in [0.5, 0.6) is 5.75 Å². The molecule has 20 heavy (non-hydrogen) atoms. The first-order chi connectivity index (χ1) is 9.58. The number of hydrogen-bond donors (Lipinski definition) is 2. The Labute approximate surface area is 119 Å². The molecule has 2 unspecified atom stereocenters. The Morgan fingerprint density at radius 3 is 2.70 bits per heavy atom. The van der Waals surface area contributed by atoms with E-state index in [9.17, 15) is 9.50 Å². The molecular formula is C15H24FNO3. The van der Waals surface area contributed by atoms with Crippen LogP contribution in [-0.4, -0.2) is 37.6 Å². The maximum Gasteiger partial charge on any atom is 0.124 e. The lowest BCUT2D eigenvalue weighted by Crippen LogP contribution is -2.24. The topological polar surface area (TPSA) is 50.7 Å². The van der Waals surface area contributed by atoms with Gasteiger partial charge in [-0.1, -0.05) is 6.92 Å². The highest BCUT2D eigenvalue weighted by Gasteiger charge is 2.13. The third-order valence-corrected chi connectivity index (χ3v) is 2.89. The number of aliphatic hydroxyl groups excluding tert-OH is 1. The minimum Gasteiger partial charge on any atom is -0.490 e. The minimum absolute atomic E-state index is 0.0188. The molecule has 0 saturated carbocycles. The Bertz CT molecular complexity index is 401. The van der Waals surface area contributed by atoms with Crippen molar-refractivity contribution in [3.63, 3.8) is 0 Å². The van der Waals surface area contributed by atoms with Crippen LogP contribution in [0.1, 0.15) is 32.4 Å². The average molecular weight is 285 g/mol. The van der Waals surface area contributed by atoms with Crippen LogP contribution in [0.3, 0.4) is 0 Å². The lowest BCUT2D eigenvalue weighted by molar-refractivity contribution is 0.0161. The maximum absolute atomic E-state index is 13.4. The molecule has 2 atom stereocenters. The van der Waals surface area contributed by atoms with Crippen LogP contribution < -0.4 is 10.1 Å². The van der Waals surface area contributed by atoms with Crippen molar-refractivity contribution in [1.82, 2.24) is 5.32 Å². The first kappa shape index (κ1) is 16.9. The van der Waals surface area contributed by atoms with Gasteiger partial charge in [0.05, 0.1) is 6.61 Å². The summed E-state index contributed by atoms with van der Waals surface area (Å²) in [5, 5.41) is 12.9. The predicted molar refractivity (Wildman–Crippen MR) is 76.5 cm³/mol. The summed E-state index contributed by atoms with van der Waals surface area (Å²) in [6.07, 6.45) is -0.692. The van der Waals surface area contributed by atoms with Crippen molar-refractivity contribution in [2.24, 2.45) is 0 Å². The fourth-order valence-corrected chi connectivity index (χ4v) is 1.89. The van der Waals surface area contributed by atoms with Crippen molar-refractivity contribution in [1.29, 1.82) is 0 Å². The fraction of sp³-hybridized carbons (Fsp3) is 0.600. The quantitative estimate of drug-likeness (QED) is 0.731. The van der Waals surface area contributed by atoms with Crippen LogP contribution in [0.15, 0.2) is 18.2 Å². The van der Waals surface area contributed by atoms with E-state index in [1.807, 2.05) is 20.8 Å². The summed E-state index contributed by atoms with van der Waals surface area (Å²) in [6.45, 7) is 7.49. The van der Waals surface area contributed by atoms with E-state index in [1.165, 1.54) is 12.1 Å². The summed E-state index contributed by atoms with van der Waals surface area (Å²) in [4.78, 5) is 0. The van der Waals surface area contributed by atoms with Crippen LogP contribution in [0, 0.1) is 5.82 Å². The molecule has 5 heteroatoms. The number of rotatable bonds is 9. The van der Waals surface area contributed by atoms with E-state index in [0.29, 0.717) is 12.4 Å². The normalized spacial score (nSPS) is 14.1. The van der Waals surface area contributed by atoms with Gasteiger partial charge in [-0.2, -0.15) is 0 Å². The van der Waals surface area contributed by atoms with Gasteiger partial charge in [0.2, 0.25) is 0 Å². The van der Waals surface area contributed by atoms with Crippen LogP contribution in [0.25, 0.3) is 0 Å². The molecule has 1 aromatic carbocycles. The molecular weight excluding hydrogens is 261 g/mol. The SMILES string of the molecule is CCNC(C)c1cc(F)ccc1OCC(O)COCC. The molecule has 4 nitrogen and oxygen atoms in total. The van der Waals surface area contributed by atoms with Crippen LogP contribution in [0.2, 0.25) is 0 Å². The van der Waals surface area contributed by atoms with E-state index >= 15 is 0 Å². The average Bonchev–Trinajstić information content (AvgIpc) is 2.43. The van der Waals surface area contributed by atoms with Gasteiger partial charge in [-0.15, -0.1) is 0 Å². The smallest absolute Gasteiger partial charge is 0.124 e. The summed E-state index contributed by atoms with van der Waals surface area (Å²) in [6, 6.07) is 4.38. The summed E-state index contributed by atoms with van der Waals surface area (Å²) in [5.74, 6) is 0.280. The number of benzene rings is 1. The summed E-state index contributed by atoms with van der Waals surface area (Å²) in [5.41, 5.74) is 0.746. The highest BCUT2D eigenvalue weighted by atomic mass is 19.1. The van der Waals surface area contributed by atoms with E-state index in [4.69, 9.17) is 9.47 Å². The number of halogens is 1. The van der Waals surface area contributed by atoms with Crippen molar-refractivity contribution in [2.75, 3.05) is 26.4 Å². The number of hydrogen-bond acceptors (Lipinski definition) is 4. The molecule has 2 N–H and O–H groups in total. The first-order valence-corrected chi connectivity index (χ1v) is 6.99. The third-order valence-electron chi connectivity index (χ3n) is 2.89. The Balaban J connectivity index is 2.68. The largest absolute Gasteiger partial charge is 0.490 e. The summed E-state index contributed by atoms with van der Waals surface area (Å²) in [7, 11) is 0. The van der Waals surface area contributed by atoms with Crippen molar-refractivity contribution in [3.8, 4) is 5.75 Å². The zero-order chi connectivity index (χ0) is 15.0. The molecule has 0 radical (unpaired) electrons. The molecule has 114 valence electrons. The molecule has 0 aliphatic heterocycles. The van der Waals surface area contributed by atoms with E-state index in [2.05, 4.69) is 5.32 Å². The third kappa shape index (κ3) is 5.45. The van der Waals surface area contributed by atoms with Gasteiger partial charge >= 0.3 is 0 Å². The van der Waals surface area contributed by atoms with Gasteiger partial charge in [-0.3, -0.25) is 0 Å². The van der Waals surface area contributed by atoms with Crippen LogP contribution in [0.4, 0.5) is 4.39 Å². The Morgan fingerprint density at radius 2 is 2.05 bits per heavy atom. The molecule has 0 heterocycles. The highest BCUT2D eigenvalue weighted by molar-refractivity contribution is 5.36. The fourth-order valence-electron chi connectivity index (χ4n) is 1.89. The highest BCUT2D eigenvalue weighted by Crippen LogP contribution is 2.26. The van der Waals surface area contributed by atoms with Crippen molar-refractivity contribution >= 4 is 0 Å². The van der Waals surface area contributed by atoms with Gasteiger partial charge in [0.1, 0.15) is 24.3 Å². The van der Waals surface area contributed by atoms with Gasteiger partial charge in [0.15, 0.2) is 0 Å². The van der Waals surface area contributed by atoms with Crippen LogP contribution in [-0.2, 0) is 4.74 Å². The van der Waals surface area contributed by atoms with E-state index < -0.39 is 6.10 Å². The van der Waals surface area contributed by atoms with Gasteiger partial charge in [0, 0.05) is 18.2 Å². The van der Waals surface area contributed by atoms with Gasteiger partial charge in [-0.05, 0) is 38.6 Å². The summed E-state index contributed by atoms with van der Waals surface area (Å²) < 4.78 is 24.1. The number of aliphatic hydroxyl groups is 1. The van der Waals surface area contributed by atoms with Crippen molar-refractivity contribution in [2.45, 2.75) is 32.9 Å². The molecule has 0 saturated heterocycles. The Kier molecular flexibility index (Phi) is 7.51.